The molecule has 0 aliphatic heterocycles. The number of rotatable bonds is 7. The van der Waals surface area contributed by atoms with Crippen molar-refractivity contribution < 1.29 is 14.6 Å². The van der Waals surface area contributed by atoms with E-state index in [0.717, 1.165) is 11.4 Å². The molecule has 2 aromatic carbocycles. The number of anilines is 1. The Morgan fingerprint density at radius 2 is 1.85 bits per heavy atom. The van der Waals surface area contributed by atoms with Gasteiger partial charge < -0.3 is 14.7 Å². The monoisotopic (exact) mass is 466 g/mol. The van der Waals surface area contributed by atoms with Gasteiger partial charge in [-0.2, -0.15) is 10.1 Å². The summed E-state index contributed by atoms with van der Waals surface area (Å²) >= 11 is 6.20. The van der Waals surface area contributed by atoms with E-state index in [4.69, 9.17) is 16.3 Å². The van der Waals surface area contributed by atoms with E-state index in [1.165, 1.54) is 11.1 Å². The van der Waals surface area contributed by atoms with E-state index in [1.54, 1.807) is 42.9 Å². The fraction of sp³-hybridized carbons (Fsp3) is 0.217. The predicted octanol–water partition coefficient (Wildman–Crippen LogP) is 3.28. The lowest BCUT2D eigenvalue weighted by atomic mass is 10.3. The first-order valence-corrected chi connectivity index (χ1v) is 10.5. The third-order valence-electron chi connectivity index (χ3n) is 5.18. The van der Waals surface area contributed by atoms with Gasteiger partial charge in [0.05, 0.1) is 42.8 Å². The molecular weight excluding hydrogens is 444 g/mol. The minimum atomic E-state index is -0.164. The van der Waals surface area contributed by atoms with Gasteiger partial charge in [-0.25, -0.2) is 9.67 Å². The van der Waals surface area contributed by atoms with Gasteiger partial charge in [0.25, 0.3) is 0 Å². The maximum absolute atomic E-state index is 12.7. The molecule has 2 aromatic heterocycles. The molecule has 0 saturated heterocycles. The van der Waals surface area contributed by atoms with Crippen LogP contribution in [0, 0.1) is 0 Å². The third kappa shape index (κ3) is 4.74. The van der Waals surface area contributed by atoms with Crippen LogP contribution in [-0.2, 0) is 11.3 Å². The molecule has 0 bridgehead atoms. The predicted molar refractivity (Wildman–Crippen MR) is 126 cm³/mol. The fourth-order valence-corrected chi connectivity index (χ4v) is 3.67. The Morgan fingerprint density at radius 1 is 1.12 bits per heavy atom. The maximum atomic E-state index is 12.7. The van der Waals surface area contributed by atoms with Gasteiger partial charge in [0.1, 0.15) is 17.0 Å². The number of carbonyl (C=O) groups is 1. The van der Waals surface area contributed by atoms with Crippen LogP contribution in [0.15, 0.2) is 54.7 Å². The smallest absolute Gasteiger partial charge is 0.240 e. The molecule has 4 aromatic rings. The third-order valence-corrected chi connectivity index (χ3v) is 5.50. The molecule has 1 amide bonds. The van der Waals surface area contributed by atoms with Gasteiger partial charge in [-0.15, -0.1) is 0 Å². The number of amides is 1. The zero-order chi connectivity index (χ0) is 23.5. The topological polar surface area (TPSA) is 96.6 Å². The van der Waals surface area contributed by atoms with E-state index in [0.29, 0.717) is 27.6 Å². The Bertz CT molecular complexity index is 1290. The molecule has 0 unspecified atom stereocenters. The fourth-order valence-electron chi connectivity index (χ4n) is 3.41. The Balaban J connectivity index is 1.53. The van der Waals surface area contributed by atoms with Crippen molar-refractivity contribution in [2.45, 2.75) is 6.54 Å². The summed E-state index contributed by atoms with van der Waals surface area (Å²) in [5.74, 6) is 0.786. The van der Waals surface area contributed by atoms with Crippen molar-refractivity contribution in [1.82, 2.24) is 24.6 Å². The van der Waals surface area contributed by atoms with E-state index in [-0.39, 0.29) is 24.9 Å². The number of hydrogen-bond acceptors (Lipinski definition) is 7. The molecule has 0 atom stereocenters. The number of benzene rings is 2. The number of aromatic hydroxyl groups is 1. The Kier molecular flexibility index (Phi) is 6.43. The quantitative estimate of drug-likeness (QED) is 0.446. The van der Waals surface area contributed by atoms with Crippen LogP contribution in [0.25, 0.3) is 16.7 Å². The van der Waals surface area contributed by atoms with Gasteiger partial charge in [-0.05, 0) is 43.4 Å². The summed E-state index contributed by atoms with van der Waals surface area (Å²) in [6, 6.07) is 14.5. The highest BCUT2D eigenvalue weighted by Gasteiger charge is 2.18. The second-order valence-electron chi connectivity index (χ2n) is 7.53. The lowest BCUT2D eigenvalue weighted by Gasteiger charge is -2.22. The largest absolute Gasteiger partial charge is 0.497 e. The SMILES string of the molecule is COc1ccc(-n2ncc3c(O)nc(CN(C)CC(=O)N(C)c4ccccc4Cl)nc32)cc1. The van der Waals surface area contributed by atoms with Crippen LogP contribution in [0.2, 0.25) is 5.02 Å². The van der Waals surface area contributed by atoms with Gasteiger partial charge in [0.15, 0.2) is 5.65 Å². The van der Waals surface area contributed by atoms with Crippen molar-refractivity contribution >= 4 is 34.2 Å². The van der Waals surface area contributed by atoms with Crippen molar-refractivity contribution in [1.29, 1.82) is 0 Å². The number of methoxy groups -OCH3 is 1. The lowest BCUT2D eigenvalue weighted by Crippen LogP contribution is -2.36. The first-order valence-electron chi connectivity index (χ1n) is 10.1. The zero-order valence-corrected chi connectivity index (χ0v) is 19.2. The number of hydrogen-bond donors (Lipinski definition) is 1. The van der Waals surface area contributed by atoms with Crippen molar-refractivity contribution in [3.63, 3.8) is 0 Å². The number of likely N-dealkylation sites (N-methyl/N-ethyl adjacent to an activating group) is 2. The number of ether oxygens (including phenoxy) is 1. The lowest BCUT2D eigenvalue weighted by molar-refractivity contribution is -0.119. The van der Waals surface area contributed by atoms with E-state index < -0.39 is 0 Å². The normalized spacial score (nSPS) is 11.2. The zero-order valence-electron chi connectivity index (χ0n) is 18.4. The second kappa shape index (κ2) is 9.43. The number of fused-ring (bicyclic) bond motifs is 1. The molecule has 1 N–H and O–H groups in total. The van der Waals surface area contributed by atoms with Gasteiger partial charge >= 0.3 is 0 Å². The molecule has 33 heavy (non-hydrogen) atoms. The minimum Gasteiger partial charge on any atom is -0.497 e. The number of halogens is 1. The van der Waals surface area contributed by atoms with E-state index in [9.17, 15) is 9.90 Å². The maximum Gasteiger partial charge on any atom is 0.240 e. The van der Waals surface area contributed by atoms with Crippen molar-refractivity contribution in [2.75, 3.05) is 32.6 Å². The molecule has 10 heteroatoms. The number of para-hydroxylation sites is 1. The van der Waals surface area contributed by atoms with E-state index in [2.05, 4.69) is 15.1 Å². The van der Waals surface area contributed by atoms with Crippen molar-refractivity contribution in [3.8, 4) is 17.3 Å². The highest BCUT2D eigenvalue weighted by atomic mass is 35.5. The highest BCUT2D eigenvalue weighted by molar-refractivity contribution is 6.33. The van der Waals surface area contributed by atoms with E-state index >= 15 is 0 Å². The summed E-state index contributed by atoms with van der Waals surface area (Å²) in [5.41, 5.74) is 1.87. The van der Waals surface area contributed by atoms with Crippen LogP contribution in [0.3, 0.4) is 0 Å². The summed E-state index contributed by atoms with van der Waals surface area (Å²) in [4.78, 5) is 24.8. The summed E-state index contributed by atoms with van der Waals surface area (Å²) < 4.78 is 6.82. The summed E-state index contributed by atoms with van der Waals surface area (Å²) in [6.07, 6.45) is 1.52. The summed E-state index contributed by atoms with van der Waals surface area (Å²) in [5, 5.41) is 15.7. The van der Waals surface area contributed by atoms with Crippen LogP contribution in [0.5, 0.6) is 11.6 Å². The molecule has 0 aliphatic carbocycles. The molecular formula is C23H23ClN6O3. The molecule has 4 rings (SSSR count). The first kappa shape index (κ1) is 22.5. The second-order valence-corrected chi connectivity index (χ2v) is 7.94. The number of nitrogens with zero attached hydrogens (tertiary/aromatic N) is 6. The Hall–Kier alpha value is -3.69. The van der Waals surface area contributed by atoms with Gasteiger partial charge in [-0.3, -0.25) is 9.69 Å². The summed E-state index contributed by atoms with van der Waals surface area (Å²) in [6.45, 7) is 0.362. The van der Waals surface area contributed by atoms with Crippen molar-refractivity contribution in [3.05, 3.63) is 65.6 Å². The molecule has 0 aliphatic rings. The van der Waals surface area contributed by atoms with Crippen LogP contribution < -0.4 is 9.64 Å². The molecule has 0 radical (unpaired) electrons. The molecule has 9 nitrogen and oxygen atoms in total. The average Bonchev–Trinajstić information content (AvgIpc) is 3.23. The molecule has 0 spiro atoms. The summed E-state index contributed by atoms with van der Waals surface area (Å²) in [7, 11) is 5.06. The van der Waals surface area contributed by atoms with Gasteiger partial charge in [-0.1, -0.05) is 23.7 Å². The standard InChI is InChI=1S/C23H23ClN6O3/c1-28(14-21(31)29(2)19-7-5-4-6-18(19)24)13-20-26-22-17(23(32)27-20)12-25-30(22)15-8-10-16(33-3)11-9-15/h4-12H,13-14H2,1-3H3,(H,26,27,32). The Labute approximate surface area is 195 Å². The minimum absolute atomic E-state index is 0.113. The van der Waals surface area contributed by atoms with Crippen LogP contribution >= 0.6 is 11.6 Å². The van der Waals surface area contributed by atoms with Crippen LogP contribution in [-0.4, -0.2) is 63.4 Å². The van der Waals surface area contributed by atoms with Crippen LogP contribution in [0.4, 0.5) is 5.69 Å². The van der Waals surface area contributed by atoms with Crippen LogP contribution in [0.1, 0.15) is 5.82 Å². The van der Waals surface area contributed by atoms with Gasteiger partial charge in [0, 0.05) is 7.05 Å². The molecule has 170 valence electrons. The number of carbonyl (C=O) groups excluding carboxylic acids is 1. The average molecular weight is 467 g/mol. The number of aromatic nitrogens is 4. The molecule has 0 fully saturated rings. The van der Waals surface area contributed by atoms with Gasteiger partial charge in [0.2, 0.25) is 11.8 Å². The Morgan fingerprint density at radius 3 is 2.55 bits per heavy atom. The van der Waals surface area contributed by atoms with Crippen molar-refractivity contribution in [2.24, 2.45) is 0 Å². The molecule has 2 heterocycles. The highest BCUT2D eigenvalue weighted by Crippen LogP contribution is 2.26. The first-order chi connectivity index (χ1) is 15.9. The molecule has 0 saturated carbocycles. The van der Waals surface area contributed by atoms with E-state index in [1.807, 2.05) is 36.4 Å².